The first-order valence-electron chi connectivity index (χ1n) is 8.48. The van der Waals surface area contributed by atoms with E-state index in [1.165, 1.54) is 0 Å². The lowest BCUT2D eigenvalue weighted by Crippen LogP contribution is -2.42. The van der Waals surface area contributed by atoms with Crippen molar-refractivity contribution in [2.45, 2.75) is 31.1 Å². The van der Waals surface area contributed by atoms with Gasteiger partial charge in [-0.1, -0.05) is 37.3 Å². The number of carbonyl (C=O) groups is 1. The third-order valence-electron chi connectivity index (χ3n) is 4.47. The number of para-hydroxylation sites is 1. The zero-order chi connectivity index (χ0) is 17.9. The standard InChI is InChI=1S/C19H22N2O3S/c1-2-15-9-11-17(12-10-15)25(23,24)20-14-19(22)21-13-5-7-16-6-3-4-8-18(16)21/h3-4,6,8-12,20H,2,5,7,13-14H2,1H3. The molecule has 1 N–H and O–H groups in total. The SMILES string of the molecule is CCc1ccc(S(=O)(=O)NCC(=O)N2CCCc3ccccc32)cc1. The highest BCUT2D eigenvalue weighted by molar-refractivity contribution is 7.89. The summed E-state index contributed by atoms with van der Waals surface area (Å²) < 4.78 is 27.2. The molecule has 0 radical (unpaired) electrons. The Balaban J connectivity index is 1.69. The van der Waals surface area contributed by atoms with Crippen LogP contribution in [0.25, 0.3) is 0 Å². The molecule has 0 aromatic heterocycles. The second kappa shape index (κ2) is 7.37. The molecule has 2 aromatic carbocycles. The number of hydrogen-bond acceptors (Lipinski definition) is 3. The van der Waals surface area contributed by atoms with Gasteiger partial charge in [-0.3, -0.25) is 4.79 Å². The minimum atomic E-state index is -3.69. The van der Waals surface area contributed by atoms with Crippen molar-refractivity contribution >= 4 is 21.6 Å². The summed E-state index contributed by atoms with van der Waals surface area (Å²) in [6, 6.07) is 14.5. The molecule has 2 aromatic rings. The fraction of sp³-hybridized carbons (Fsp3) is 0.316. The van der Waals surface area contributed by atoms with Gasteiger partial charge in [-0.15, -0.1) is 0 Å². The van der Waals surface area contributed by atoms with Gasteiger partial charge < -0.3 is 4.90 Å². The number of amides is 1. The molecule has 0 aliphatic carbocycles. The Morgan fingerprint density at radius 3 is 2.56 bits per heavy atom. The predicted octanol–water partition coefficient (Wildman–Crippen LogP) is 2.51. The maximum absolute atomic E-state index is 12.5. The van der Waals surface area contributed by atoms with Gasteiger partial charge in [0.25, 0.3) is 0 Å². The van der Waals surface area contributed by atoms with Crippen molar-refractivity contribution in [2.24, 2.45) is 0 Å². The first-order valence-corrected chi connectivity index (χ1v) is 9.96. The van der Waals surface area contributed by atoms with Gasteiger partial charge in [0.05, 0.1) is 11.4 Å². The number of hydrogen-bond donors (Lipinski definition) is 1. The average Bonchev–Trinajstić information content (AvgIpc) is 2.65. The Morgan fingerprint density at radius 1 is 1.12 bits per heavy atom. The molecule has 25 heavy (non-hydrogen) atoms. The van der Waals surface area contributed by atoms with Crippen LogP contribution in [0.5, 0.6) is 0 Å². The number of nitrogens with zero attached hydrogens (tertiary/aromatic N) is 1. The predicted molar refractivity (Wildman–Crippen MR) is 98.1 cm³/mol. The van der Waals surface area contributed by atoms with Gasteiger partial charge in [-0.25, -0.2) is 13.1 Å². The van der Waals surface area contributed by atoms with Crippen molar-refractivity contribution in [3.8, 4) is 0 Å². The molecule has 0 fully saturated rings. The van der Waals surface area contributed by atoms with Crippen LogP contribution in [0.4, 0.5) is 5.69 Å². The summed E-state index contributed by atoms with van der Waals surface area (Å²) in [6.45, 7) is 2.38. The molecule has 3 rings (SSSR count). The summed E-state index contributed by atoms with van der Waals surface area (Å²) in [7, 11) is -3.69. The molecular weight excluding hydrogens is 336 g/mol. The van der Waals surface area contributed by atoms with Crippen molar-refractivity contribution in [3.05, 3.63) is 59.7 Å². The Kier molecular flexibility index (Phi) is 5.20. The zero-order valence-corrected chi connectivity index (χ0v) is 15.1. The molecule has 1 aliphatic heterocycles. The minimum absolute atomic E-state index is 0.177. The van der Waals surface area contributed by atoms with E-state index >= 15 is 0 Å². The van der Waals surface area contributed by atoms with E-state index in [4.69, 9.17) is 0 Å². The van der Waals surface area contributed by atoms with Crippen LogP contribution >= 0.6 is 0 Å². The topological polar surface area (TPSA) is 66.5 Å². The minimum Gasteiger partial charge on any atom is -0.311 e. The van der Waals surface area contributed by atoms with Gasteiger partial charge in [-0.05, 0) is 48.6 Å². The summed E-state index contributed by atoms with van der Waals surface area (Å²) in [5.74, 6) is -0.235. The number of aryl methyl sites for hydroxylation is 2. The van der Waals surface area contributed by atoms with E-state index in [1.54, 1.807) is 29.2 Å². The number of fused-ring (bicyclic) bond motifs is 1. The Labute approximate surface area is 148 Å². The Bertz CT molecular complexity index is 860. The van der Waals surface area contributed by atoms with E-state index in [2.05, 4.69) is 4.72 Å². The van der Waals surface area contributed by atoms with Gasteiger partial charge in [0.1, 0.15) is 0 Å². The molecule has 0 bridgehead atoms. The number of nitrogens with one attached hydrogen (secondary N) is 1. The summed E-state index contributed by atoms with van der Waals surface area (Å²) in [4.78, 5) is 14.4. The van der Waals surface area contributed by atoms with Crippen molar-refractivity contribution in [3.63, 3.8) is 0 Å². The first kappa shape index (κ1) is 17.6. The number of carbonyl (C=O) groups excluding carboxylic acids is 1. The maximum Gasteiger partial charge on any atom is 0.242 e. The van der Waals surface area contributed by atoms with Crippen LogP contribution < -0.4 is 9.62 Å². The Hall–Kier alpha value is -2.18. The van der Waals surface area contributed by atoms with Gasteiger partial charge in [0.15, 0.2) is 0 Å². The molecule has 1 heterocycles. The maximum atomic E-state index is 12.5. The van der Waals surface area contributed by atoms with E-state index in [0.717, 1.165) is 36.1 Å². The highest BCUT2D eigenvalue weighted by Crippen LogP contribution is 2.26. The largest absolute Gasteiger partial charge is 0.311 e. The van der Waals surface area contributed by atoms with Crippen LogP contribution in [0.2, 0.25) is 0 Å². The average molecular weight is 358 g/mol. The van der Waals surface area contributed by atoms with Gasteiger partial charge in [0, 0.05) is 12.2 Å². The van der Waals surface area contributed by atoms with Crippen LogP contribution in [0.15, 0.2) is 53.4 Å². The van der Waals surface area contributed by atoms with Crippen molar-refractivity contribution in [1.29, 1.82) is 0 Å². The number of sulfonamides is 1. The number of anilines is 1. The first-order chi connectivity index (χ1) is 12.0. The monoisotopic (exact) mass is 358 g/mol. The van der Waals surface area contributed by atoms with Crippen LogP contribution in [-0.2, 0) is 27.7 Å². The summed E-state index contributed by atoms with van der Waals surface area (Å²) in [5.41, 5.74) is 3.07. The van der Waals surface area contributed by atoms with Crippen LogP contribution in [0.3, 0.4) is 0 Å². The van der Waals surface area contributed by atoms with E-state index in [1.807, 2.05) is 31.2 Å². The number of benzene rings is 2. The van der Waals surface area contributed by atoms with Gasteiger partial charge in [0.2, 0.25) is 15.9 Å². The van der Waals surface area contributed by atoms with Crippen LogP contribution in [0, 0.1) is 0 Å². The fourth-order valence-corrected chi connectivity index (χ4v) is 4.01. The summed E-state index contributed by atoms with van der Waals surface area (Å²) in [5, 5.41) is 0. The normalized spacial score (nSPS) is 14.2. The summed E-state index contributed by atoms with van der Waals surface area (Å²) >= 11 is 0. The zero-order valence-electron chi connectivity index (χ0n) is 14.2. The molecule has 1 aliphatic rings. The lowest BCUT2D eigenvalue weighted by atomic mass is 10.0. The lowest BCUT2D eigenvalue weighted by Gasteiger charge is -2.29. The molecule has 0 saturated heterocycles. The van der Waals surface area contributed by atoms with E-state index in [-0.39, 0.29) is 17.3 Å². The molecule has 0 saturated carbocycles. The van der Waals surface area contributed by atoms with E-state index in [0.29, 0.717) is 6.54 Å². The Morgan fingerprint density at radius 2 is 1.84 bits per heavy atom. The molecule has 0 atom stereocenters. The highest BCUT2D eigenvalue weighted by atomic mass is 32.2. The molecule has 132 valence electrons. The highest BCUT2D eigenvalue weighted by Gasteiger charge is 2.23. The van der Waals surface area contributed by atoms with Crippen LogP contribution in [-0.4, -0.2) is 27.4 Å². The van der Waals surface area contributed by atoms with Gasteiger partial charge in [-0.2, -0.15) is 0 Å². The third kappa shape index (κ3) is 3.91. The molecule has 0 spiro atoms. The second-order valence-electron chi connectivity index (χ2n) is 6.10. The second-order valence-corrected chi connectivity index (χ2v) is 7.87. The fourth-order valence-electron chi connectivity index (χ4n) is 3.03. The lowest BCUT2D eigenvalue weighted by molar-refractivity contribution is -0.117. The van der Waals surface area contributed by atoms with Crippen molar-refractivity contribution in [1.82, 2.24) is 4.72 Å². The number of rotatable bonds is 5. The van der Waals surface area contributed by atoms with E-state index in [9.17, 15) is 13.2 Å². The molecule has 0 unspecified atom stereocenters. The molecule has 5 nitrogen and oxygen atoms in total. The quantitative estimate of drug-likeness (QED) is 0.893. The smallest absolute Gasteiger partial charge is 0.242 e. The summed E-state index contributed by atoms with van der Waals surface area (Å²) in [6.07, 6.45) is 2.67. The molecule has 6 heteroatoms. The van der Waals surface area contributed by atoms with E-state index < -0.39 is 10.0 Å². The van der Waals surface area contributed by atoms with Crippen molar-refractivity contribution in [2.75, 3.05) is 18.0 Å². The molecule has 1 amide bonds. The molecular formula is C19H22N2O3S. The van der Waals surface area contributed by atoms with Crippen LogP contribution in [0.1, 0.15) is 24.5 Å². The van der Waals surface area contributed by atoms with Gasteiger partial charge >= 0.3 is 0 Å². The third-order valence-corrected chi connectivity index (χ3v) is 5.88. The van der Waals surface area contributed by atoms with Crippen molar-refractivity contribution < 1.29 is 13.2 Å².